The molecule has 0 fully saturated rings. The maximum absolute atomic E-state index is 12.9. The minimum Gasteiger partial charge on any atom is -0.467 e. The SMILES string of the molecule is Cc1cc2nn(CC(=O)NCc3ccco3)c(=O)n2c(-c2ccc(C(F)(F)F)cc2)n1. The molecule has 0 radical (unpaired) electrons. The second-order valence-corrected chi connectivity index (χ2v) is 6.79. The van der Waals surface area contributed by atoms with Crippen molar-refractivity contribution in [2.75, 3.05) is 0 Å². The van der Waals surface area contributed by atoms with Gasteiger partial charge in [0.2, 0.25) is 5.91 Å². The Balaban J connectivity index is 1.66. The van der Waals surface area contributed by atoms with Crippen molar-refractivity contribution in [1.82, 2.24) is 24.5 Å². The number of hydrogen-bond acceptors (Lipinski definition) is 5. The Labute approximate surface area is 172 Å². The number of amides is 1. The Morgan fingerprint density at radius 3 is 2.58 bits per heavy atom. The monoisotopic (exact) mass is 431 g/mol. The zero-order chi connectivity index (χ0) is 22.2. The molecule has 31 heavy (non-hydrogen) atoms. The summed E-state index contributed by atoms with van der Waals surface area (Å²) in [6, 6.07) is 9.25. The lowest BCUT2D eigenvalue weighted by Gasteiger charge is -2.08. The molecule has 3 heterocycles. The van der Waals surface area contributed by atoms with E-state index in [1.165, 1.54) is 18.4 Å². The van der Waals surface area contributed by atoms with E-state index < -0.39 is 23.3 Å². The summed E-state index contributed by atoms with van der Waals surface area (Å²) >= 11 is 0. The molecule has 160 valence electrons. The van der Waals surface area contributed by atoms with Crippen molar-refractivity contribution in [3.63, 3.8) is 0 Å². The fourth-order valence-corrected chi connectivity index (χ4v) is 3.05. The van der Waals surface area contributed by atoms with Gasteiger partial charge >= 0.3 is 11.9 Å². The lowest BCUT2D eigenvalue weighted by atomic mass is 10.1. The summed E-state index contributed by atoms with van der Waals surface area (Å²) in [5.74, 6) is 0.235. The molecule has 0 bridgehead atoms. The summed E-state index contributed by atoms with van der Waals surface area (Å²) in [6.07, 6.45) is -3.00. The number of aryl methyl sites for hydroxylation is 1. The van der Waals surface area contributed by atoms with Gasteiger partial charge in [-0.3, -0.25) is 4.79 Å². The number of rotatable bonds is 5. The smallest absolute Gasteiger partial charge is 0.416 e. The summed E-state index contributed by atoms with van der Waals surface area (Å²) in [5.41, 5.74) is -0.388. The summed E-state index contributed by atoms with van der Waals surface area (Å²) in [4.78, 5) is 29.4. The van der Waals surface area contributed by atoms with E-state index in [0.29, 0.717) is 17.0 Å². The second-order valence-electron chi connectivity index (χ2n) is 6.79. The molecule has 0 aliphatic carbocycles. The molecule has 0 saturated carbocycles. The van der Waals surface area contributed by atoms with Gasteiger partial charge in [-0.1, -0.05) is 12.1 Å². The zero-order valence-corrected chi connectivity index (χ0v) is 16.2. The third-order valence-corrected chi connectivity index (χ3v) is 4.50. The van der Waals surface area contributed by atoms with E-state index in [-0.39, 0.29) is 24.6 Å². The topological polar surface area (TPSA) is 94.4 Å². The van der Waals surface area contributed by atoms with Crippen LogP contribution in [-0.4, -0.2) is 25.1 Å². The minimum atomic E-state index is -4.47. The standard InChI is InChI=1S/C20H16F3N5O3/c1-12-9-16-26-27(11-17(29)24-10-15-3-2-8-31-15)19(30)28(16)18(25-12)13-4-6-14(7-5-13)20(21,22)23/h2-9H,10-11H2,1H3,(H,24,29). The molecule has 0 atom stereocenters. The Morgan fingerprint density at radius 2 is 1.94 bits per heavy atom. The molecule has 4 rings (SSSR count). The van der Waals surface area contributed by atoms with E-state index in [2.05, 4.69) is 15.4 Å². The normalized spacial score (nSPS) is 11.7. The van der Waals surface area contributed by atoms with Gasteiger partial charge < -0.3 is 9.73 Å². The number of carbonyl (C=O) groups excluding carboxylic acids is 1. The van der Waals surface area contributed by atoms with Gasteiger partial charge in [-0.15, -0.1) is 5.10 Å². The van der Waals surface area contributed by atoms with Crippen molar-refractivity contribution in [1.29, 1.82) is 0 Å². The molecule has 11 heteroatoms. The average Bonchev–Trinajstić information content (AvgIpc) is 3.34. The molecule has 0 saturated heterocycles. The largest absolute Gasteiger partial charge is 0.467 e. The van der Waals surface area contributed by atoms with Gasteiger partial charge in [0.25, 0.3) is 0 Å². The number of alkyl halides is 3. The summed E-state index contributed by atoms with van der Waals surface area (Å²) < 4.78 is 45.8. The summed E-state index contributed by atoms with van der Waals surface area (Å²) in [5, 5.41) is 6.78. The first-order valence-electron chi connectivity index (χ1n) is 9.16. The molecular formula is C20H16F3N5O3. The third kappa shape index (κ3) is 4.20. The minimum absolute atomic E-state index is 0.135. The summed E-state index contributed by atoms with van der Waals surface area (Å²) in [6.45, 7) is 1.49. The predicted molar refractivity (Wildman–Crippen MR) is 103 cm³/mol. The molecule has 4 aromatic rings. The maximum atomic E-state index is 12.9. The lowest BCUT2D eigenvalue weighted by molar-refractivity contribution is -0.137. The van der Waals surface area contributed by atoms with Crippen LogP contribution in [0.3, 0.4) is 0 Å². The Kier molecular flexibility index (Phi) is 5.09. The number of fused-ring (bicyclic) bond motifs is 1. The zero-order valence-electron chi connectivity index (χ0n) is 16.2. The van der Waals surface area contributed by atoms with E-state index in [4.69, 9.17) is 4.42 Å². The fraction of sp³-hybridized carbons (Fsp3) is 0.200. The molecule has 3 aromatic heterocycles. The van der Waals surface area contributed by atoms with Gasteiger partial charge in [0.1, 0.15) is 18.1 Å². The molecule has 8 nitrogen and oxygen atoms in total. The van der Waals surface area contributed by atoms with E-state index in [1.807, 2.05) is 0 Å². The van der Waals surface area contributed by atoms with Crippen LogP contribution in [0.2, 0.25) is 0 Å². The van der Waals surface area contributed by atoms with E-state index in [9.17, 15) is 22.8 Å². The molecule has 0 aliphatic heterocycles. The molecule has 1 N–H and O–H groups in total. The lowest BCUT2D eigenvalue weighted by Crippen LogP contribution is -2.32. The van der Waals surface area contributed by atoms with Crippen LogP contribution in [0, 0.1) is 6.92 Å². The Hall–Kier alpha value is -3.89. The number of furan rings is 1. The highest BCUT2D eigenvalue weighted by Gasteiger charge is 2.30. The van der Waals surface area contributed by atoms with Crippen LogP contribution >= 0.6 is 0 Å². The van der Waals surface area contributed by atoms with Crippen LogP contribution in [0.1, 0.15) is 17.0 Å². The van der Waals surface area contributed by atoms with E-state index in [1.54, 1.807) is 25.1 Å². The van der Waals surface area contributed by atoms with Gasteiger partial charge in [0.05, 0.1) is 18.4 Å². The number of nitrogens with one attached hydrogen (secondary N) is 1. The second kappa shape index (κ2) is 7.74. The van der Waals surface area contributed by atoms with Crippen LogP contribution in [0.15, 0.2) is 57.9 Å². The number of benzene rings is 1. The van der Waals surface area contributed by atoms with Gasteiger partial charge in [-0.25, -0.2) is 18.9 Å². The molecule has 0 spiro atoms. The van der Waals surface area contributed by atoms with Gasteiger partial charge in [0, 0.05) is 17.3 Å². The number of aromatic nitrogens is 4. The van der Waals surface area contributed by atoms with E-state index >= 15 is 0 Å². The number of halogens is 3. The first-order valence-corrected chi connectivity index (χ1v) is 9.16. The third-order valence-electron chi connectivity index (χ3n) is 4.50. The van der Waals surface area contributed by atoms with Crippen LogP contribution in [0.4, 0.5) is 13.2 Å². The van der Waals surface area contributed by atoms with Crippen molar-refractivity contribution in [2.24, 2.45) is 0 Å². The van der Waals surface area contributed by atoms with Crippen molar-refractivity contribution < 1.29 is 22.4 Å². The van der Waals surface area contributed by atoms with Crippen LogP contribution in [0.25, 0.3) is 17.0 Å². The number of carbonyl (C=O) groups is 1. The van der Waals surface area contributed by atoms with Crippen molar-refractivity contribution >= 4 is 11.6 Å². The molecule has 1 amide bonds. The fourth-order valence-electron chi connectivity index (χ4n) is 3.05. The van der Waals surface area contributed by atoms with Crippen molar-refractivity contribution in [3.8, 4) is 11.4 Å². The van der Waals surface area contributed by atoms with E-state index in [0.717, 1.165) is 21.2 Å². The molecular weight excluding hydrogens is 415 g/mol. The van der Waals surface area contributed by atoms with Crippen LogP contribution in [-0.2, 0) is 24.1 Å². The molecule has 0 aliphatic rings. The molecule has 0 unspecified atom stereocenters. The number of hydrogen-bond donors (Lipinski definition) is 1. The van der Waals surface area contributed by atoms with Crippen molar-refractivity contribution in [2.45, 2.75) is 26.2 Å². The van der Waals surface area contributed by atoms with Gasteiger partial charge in [-0.05, 0) is 31.2 Å². The maximum Gasteiger partial charge on any atom is 0.416 e. The highest BCUT2D eigenvalue weighted by molar-refractivity contribution is 5.75. The van der Waals surface area contributed by atoms with Crippen molar-refractivity contribution in [3.05, 3.63) is 76.2 Å². The Morgan fingerprint density at radius 1 is 1.19 bits per heavy atom. The quantitative estimate of drug-likeness (QED) is 0.525. The highest BCUT2D eigenvalue weighted by Crippen LogP contribution is 2.30. The summed E-state index contributed by atoms with van der Waals surface area (Å²) in [7, 11) is 0. The first kappa shape index (κ1) is 20.4. The van der Waals surface area contributed by atoms with Crippen LogP contribution < -0.4 is 11.0 Å². The molecule has 1 aromatic carbocycles. The average molecular weight is 431 g/mol. The predicted octanol–water partition coefficient (Wildman–Crippen LogP) is 2.79. The first-order chi connectivity index (χ1) is 14.7. The number of nitrogens with zero attached hydrogens (tertiary/aromatic N) is 4. The van der Waals surface area contributed by atoms with Gasteiger partial charge in [-0.2, -0.15) is 13.2 Å². The Bertz CT molecular complexity index is 1290. The highest BCUT2D eigenvalue weighted by atomic mass is 19.4. The van der Waals surface area contributed by atoms with Gasteiger partial charge in [0.15, 0.2) is 5.65 Å². The van der Waals surface area contributed by atoms with Crippen LogP contribution in [0.5, 0.6) is 0 Å².